The van der Waals surface area contributed by atoms with Gasteiger partial charge < -0.3 is 10.1 Å². The van der Waals surface area contributed by atoms with E-state index in [-0.39, 0.29) is 0 Å². The Balaban J connectivity index is 1.40. The lowest BCUT2D eigenvalue weighted by Crippen LogP contribution is -2.48. The highest BCUT2D eigenvalue weighted by atomic mass is 16.5. The quantitative estimate of drug-likeness (QED) is 0.824. The molecule has 21 heavy (non-hydrogen) atoms. The maximum atomic E-state index is 5.98. The fourth-order valence-electron chi connectivity index (χ4n) is 3.06. The molecule has 116 valence electrons. The molecular weight excluding hydrogens is 262 g/mol. The van der Waals surface area contributed by atoms with E-state index in [1.807, 2.05) is 13.1 Å². The van der Waals surface area contributed by atoms with Crippen LogP contribution in [0.4, 0.5) is 0 Å². The zero-order valence-corrected chi connectivity index (χ0v) is 13.1. The second kappa shape index (κ2) is 7.25. The fourth-order valence-corrected chi connectivity index (χ4v) is 3.06. The molecule has 1 heterocycles. The summed E-state index contributed by atoms with van der Waals surface area (Å²) in [6.45, 7) is 7.53. The van der Waals surface area contributed by atoms with Crippen molar-refractivity contribution >= 4 is 0 Å². The Bertz CT molecular complexity index is 439. The molecule has 3 rings (SSSR count). The van der Waals surface area contributed by atoms with Gasteiger partial charge in [0.15, 0.2) is 0 Å². The molecule has 1 N–H and O–H groups in total. The van der Waals surface area contributed by atoms with Gasteiger partial charge in [-0.25, -0.2) is 0 Å². The highest BCUT2D eigenvalue weighted by Gasteiger charge is 2.30. The fraction of sp³-hybridized carbons (Fsp3) is 0.647. The first-order chi connectivity index (χ1) is 10.4. The third-order valence-corrected chi connectivity index (χ3v) is 4.48. The Hall–Kier alpha value is -1.10. The number of para-hydroxylation sites is 1. The molecule has 4 heteroatoms. The highest BCUT2D eigenvalue weighted by molar-refractivity contribution is 5.33. The van der Waals surface area contributed by atoms with Crippen molar-refractivity contribution < 1.29 is 4.74 Å². The van der Waals surface area contributed by atoms with Crippen molar-refractivity contribution in [3.05, 3.63) is 29.8 Å². The lowest BCUT2D eigenvalue weighted by Gasteiger charge is -2.34. The van der Waals surface area contributed by atoms with Crippen molar-refractivity contribution in [2.24, 2.45) is 0 Å². The number of nitrogens with zero attached hydrogens (tertiary/aromatic N) is 2. The Labute approximate surface area is 128 Å². The van der Waals surface area contributed by atoms with Crippen LogP contribution in [0.3, 0.4) is 0 Å². The van der Waals surface area contributed by atoms with E-state index in [0.29, 0.717) is 0 Å². The average molecular weight is 289 g/mol. The third kappa shape index (κ3) is 4.19. The van der Waals surface area contributed by atoms with Crippen LogP contribution in [-0.4, -0.2) is 62.2 Å². The molecule has 2 aliphatic rings. The Morgan fingerprint density at radius 2 is 1.90 bits per heavy atom. The van der Waals surface area contributed by atoms with Crippen LogP contribution >= 0.6 is 0 Å². The molecular formula is C17H27N3O. The Morgan fingerprint density at radius 1 is 1.14 bits per heavy atom. The number of ether oxygens (including phenoxy) is 1. The largest absolute Gasteiger partial charge is 0.492 e. The predicted octanol–water partition coefficient (Wildman–Crippen LogP) is 1.56. The standard InChI is InChI=1S/C17H27N3O/c1-18-14-15-4-2-3-5-17(15)21-13-12-19-8-10-20(11-9-19)16-6-7-16/h2-5,16,18H,6-14H2,1H3. The summed E-state index contributed by atoms with van der Waals surface area (Å²) in [5, 5.41) is 3.19. The molecule has 1 aliphatic carbocycles. The van der Waals surface area contributed by atoms with E-state index in [9.17, 15) is 0 Å². The zero-order chi connectivity index (χ0) is 14.5. The molecule has 4 nitrogen and oxygen atoms in total. The minimum atomic E-state index is 0.782. The van der Waals surface area contributed by atoms with Crippen molar-refractivity contribution in [2.75, 3.05) is 46.4 Å². The van der Waals surface area contributed by atoms with Crippen molar-refractivity contribution in [2.45, 2.75) is 25.4 Å². The van der Waals surface area contributed by atoms with Gasteiger partial charge in [0.2, 0.25) is 0 Å². The van der Waals surface area contributed by atoms with Gasteiger partial charge in [-0.15, -0.1) is 0 Å². The van der Waals surface area contributed by atoms with Crippen LogP contribution < -0.4 is 10.1 Å². The third-order valence-electron chi connectivity index (χ3n) is 4.48. The van der Waals surface area contributed by atoms with Gasteiger partial charge >= 0.3 is 0 Å². The van der Waals surface area contributed by atoms with E-state index < -0.39 is 0 Å². The van der Waals surface area contributed by atoms with Crippen LogP contribution in [0, 0.1) is 0 Å². The lowest BCUT2D eigenvalue weighted by atomic mass is 10.2. The Kier molecular flexibility index (Phi) is 5.12. The molecule has 0 bridgehead atoms. The van der Waals surface area contributed by atoms with Crippen LogP contribution in [0.15, 0.2) is 24.3 Å². The molecule has 1 saturated carbocycles. The molecule has 0 spiro atoms. The highest BCUT2D eigenvalue weighted by Crippen LogP contribution is 2.27. The summed E-state index contributed by atoms with van der Waals surface area (Å²) in [5.41, 5.74) is 1.23. The molecule has 0 unspecified atom stereocenters. The summed E-state index contributed by atoms with van der Waals surface area (Å²) >= 11 is 0. The van der Waals surface area contributed by atoms with Gasteiger partial charge in [-0.2, -0.15) is 0 Å². The minimum Gasteiger partial charge on any atom is -0.492 e. The molecule has 0 aromatic heterocycles. The average Bonchev–Trinajstić information content (AvgIpc) is 3.35. The SMILES string of the molecule is CNCc1ccccc1OCCN1CCN(C2CC2)CC1. The normalized spacial score (nSPS) is 20.6. The summed E-state index contributed by atoms with van der Waals surface area (Å²) < 4.78 is 5.98. The smallest absolute Gasteiger partial charge is 0.123 e. The maximum absolute atomic E-state index is 5.98. The van der Waals surface area contributed by atoms with Crippen LogP contribution in [-0.2, 0) is 6.54 Å². The van der Waals surface area contributed by atoms with Crippen LogP contribution in [0.25, 0.3) is 0 Å². The molecule has 1 aromatic carbocycles. The van der Waals surface area contributed by atoms with Crippen LogP contribution in [0.2, 0.25) is 0 Å². The molecule has 0 atom stereocenters. The van der Waals surface area contributed by atoms with Crippen molar-refractivity contribution in [3.63, 3.8) is 0 Å². The molecule has 2 fully saturated rings. The van der Waals surface area contributed by atoms with Gasteiger partial charge in [0, 0.05) is 50.9 Å². The predicted molar refractivity (Wildman–Crippen MR) is 85.7 cm³/mol. The first-order valence-corrected chi connectivity index (χ1v) is 8.18. The maximum Gasteiger partial charge on any atom is 0.123 e. The molecule has 0 amide bonds. The first-order valence-electron chi connectivity index (χ1n) is 8.18. The van der Waals surface area contributed by atoms with E-state index in [0.717, 1.165) is 31.5 Å². The second-order valence-corrected chi connectivity index (χ2v) is 6.10. The van der Waals surface area contributed by atoms with Crippen molar-refractivity contribution in [1.29, 1.82) is 0 Å². The van der Waals surface area contributed by atoms with Crippen molar-refractivity contribution in [1.82, 2.24) is 15.1 Å². The summed E-state index contributed by atoms with van der Waals surface area (Å²) in [4.78, 5) is 5.18. The second-order valence-electron chi connectivity index (χ2n) is 6.10. The van der Waals surface area contributed by atoms with E-state index in [1.54, 1.807) is 0 Å². The topological polar surface area (TPSA) is 27.7 Å². The summed E-state index contributed by atoms with van der Waals surface area (Å²) in [7, 11) is 1.97. The number of benzene rings is 1. The molecule has 1 aliphatic heterocycles. The number of nitrogens with one attached hydrogen (secondary N) is 1. The van der Waals surface area contributed by atoms with Crippen molar-refractivity contribution in [3.8, 4) is 5.75 Å². The molecule has 0 radical (unpaired) electrons. The number of hydrogen-bond acceptors (Lipinski definition) is 4. The number of rotatable bonds is 7. The summed E-state index contributed by atoms with van der Waals surface area (Å²) in [6, 6.07) is 9.22. The number of hydrogen-bond donors (Lipinski definition) is 1. The van der Waals surface area contributed by atoms with Gasteiger partial charge in [-0.1, -0.05) is 18.2 Å². The molecule has 1 aromatic rings. The lowest BCUT2D eigenvalue weighted by molar-refractivity contribution is 0.112. The van der Waals surface area contributed by atoms with Gasteiger partial charge in [-0.05, 0) is 26.0 Å². The van der Waals surface area contributed by atoms with Gasteiger partial charge in [0.05, 0.1) is 0 Å². The monoisotopic (exact) mass is 289 g/mol. The van der Waals surface area contributed by atoms with Gasteiger partial charge in [-0.3, -0.25) is 9.80 Å². The van der Waals surface area contributed by atoms with Crippen LogP contribution in [0.5, 0.6) is 5.75 Å². The van der Waals surface area contributed by atoms with E-state index in [1.165, 1.54) is 44.6 Å². The van der Waals surface area contributed by atoms with E-state index in [4.69, 9.17) is 4.74 Å². The molecule has 1 saturated heterocycles. The van der Waals surface area contributed by atoms with Gasteiger partial charge in [0.25, 0.3) is 0 Å². The zero-order valence-electron chi connectivity index (χ0n) is 13.1. The number of piperazine rings is 1. The van der Waals surface area contributed by atoms with E-state index in [2.05, 4.69) is 33.3 Å². The summed E-state index contributed by atoms with van der Waals surface area (Å²) in [6.07, 6.45) is 2.84. The van der Waals surface area contributed by atoms with Gasteiger partial charge in [0.1, 0.15) is 12.4 Å². The van der Waals surface area contributed by atoms with E-state index >= 15 is 0 Å². The van der Waals surface area contributed by atoms with Crippen LogP contribution in [0.1, 0.15) is 18.4 Å². The Morgan fingerprint density at radius 3 is 2.62 bits per heavy atom. The summed E-state index contributed by atoms with van der Waals surface area (Å²) in [5.74, 6) is 1.02. The first kappa shape index (κ1) is 14.8. The minimum absolute atomic E-state index is 0.782.